The predicted octanol–water partition coefficient (Wildman–Crippen LogP) is 3.82. The molecule has 4 heterocycles. The smallest absolute Gasteiger partial charge is 0.256 e. The molecule has 0 bridgehead atoms. The third-order valence-electron chi connectivity index (χ3n) is 8.53. The Balaban J connectivity index is 1.13. The van der Waals surface area contributed by atoms with E-state index in [-0.39, 0.29) is 24.5 Å². The van der Waals surface area contributed by atoms with Gasteiger partial charge in [-0.05, 0) is 67.2 Å². The van der Waals surface area contributed by atoms with E-state index < -0.39 is 9.84 Å². The highest BCUT2D eigenvalue weighted by Crippen LogP contribution is 2.35. The van der Waals surface area contributed by atoms with Crippen LogP contribution in [0.15, 0.2) is 43.1 Å². The quantitative estimate of drug-likeness (QED) is 0.189. The second-order valence-corrected chi connectivity index (χ2v) is 15.0. The molecule has 1 N–H and O–H groups in total. The molecule has 4 aromatic rings. The number of nitrogens with zero attached hydrogens (tertiary/aromatic N) is 9. The minimum atomic E-state index is -3.09. The van der Waals surface area contributed by atoms with Gasteiger partial charge < -0.3 is 19.5 Å². The minimum absolute atomic E-state index is 0.0439. The van der Waals surface area contributed by atoms with Crippen LogP contribution in [0.2, 0.25) is 5.02 Å². The molecular formula is C31H41ClN10O5S. The Bertz CT molecular complexity index is 1720. The van der Waals surface area contributed by atoms with Crippen LogP contribution in [-0.4, -0.2) is 110 Å². The van der Waals surface area contributed by atoms with Crippen molar-refractivity contribution in [3.63, 3.8) is 0 Å². The van der Waals surface area contributed by atoms with Gasteiger partial charge in [0, 0.05) is 43.3 Å². The number of ether oxygens (including phenoxy) is 3. The van der Waals surface area contributed by atoms with Gasteiger partial charge in [-0.3, -0.25) is 9.58 Å². The molecule has 1 saturated carbocycles. The lowest BCUT2D eigenvalue weighted by molar-refractivity contribution is 0.00503. The molecule has 1 saturated heterocycles. The molecule has 3 aromatic heterocycles. The number of tetrazole rings is 1. The molecule has 48 heavy (non-hydrogen) atoms. The van der Waals surface area contributed by atoms with Gasteiger partial charge in [0.1, 0.15) is 33.7 Å². The Morgan fingerprint density at radius 3 is 2.54 bits per heavy atom. The molecule has 0 radical (unpaired) electrons. The fraction of sp³-hybridized carbons (Fsp3) is 0.548. The molecule has 1 unspecified atom stereocenters. The van der Waals surface area contributed by atoms with Gasteiger partial charge in [0.15, 0.2) is 0 Å². The zero-order chi connectivity index (χ0) is 33.5. The number of hydrogen-bond acceptors (Lipinski definition) is 13. The molecule has 17 heteroatoms. The van der Waals surface area contributed by atoms with Crippen LogP contribution in [-0.2, 0) is 21.1 Å². The summed E-state index contributed by atoms with van der Waals surface area (Å²) in [5.41, 5.74) is 2.24. The summed E-state index contributed by atoms with van der Waals surface area (Å²) in [7, 11) is -3.09. The third kappa shape index (κ3) is 9.18. The van der Waals surface area contributed by atoms with Gasteiger partial charge in [0.2, 0.25) is 5.95 Å². The van der Waals surface area contributed by atoms with Crippen LogP contribution in [0.3, 0.4) is 0 Å². The monoisotopic (exact) mass is 700 g/mol. The van der Waals surface area contributed by atoms with Crippen LogP contribution in [0.4, 0.5) is 11.6 Å². The van der Waals surface area contributed by atoms with Crippen molar-refractivity contribution in [2.75, 3.05) is 50.2 Å². The highest BCUT2D eigenvalue weighted by Gasteiger charge is 2.29. The number of benzene rings is 1. The first-order valence-corrected chi connectivity index (χ1v) is 18.6. The summed E-state index contributed by atoms with van der Waals surface area (Å²) in [6.45, 7) is 6.18. The summed E-state index contributed by atoms with van der Waals surface area (Å²) in [5.74, 6) is 1.33. The molecule has 6 rings (SSSR count). The van der Waals surface area contributed by atoms with E-state index in [2.05, 4.69) is 35.7 Å². The zero-order valence-electron chi connectivity index (χ0n) is 27.1. The van der Waals surface area contributed by atoms with Gasteiger partial charge in [-0.15, -0.1) is 10.2 Å². The SMILES string of the molecule is CC(Cn1cnnn1)Oc1cc(-c2cnc(Nc3cn(C4CCC(N5CCOCC5)CC4)nc3OCCCS(C)(=O)=O)nc2)ccc1Cl. The van der Waals surface area contributed by atoms with Crippen molar-refractivity contribution >= 4 is 33.1 Å². The first-order chi connectivity index (χ1) is 23.2. The lowest BCUT2D eigenvalue weighted by atomic mass is 9.90. The Kier molecular flexibility index (Phi) is 11.0. The van der Waals surface area contributed by atoms with Crippen molar-refractivity contribution in [1.82, 2.24) is 44.9 Å². The fourth-order valence-electron chi connectivity index (χ4n) is 6.09. The number of sulfone groups is 1. The number of halogens is 1. The molecule has 1 atom stereocenters. The molecule has 1 aliphatic heterocycles. The maximum Gasteiger partial charge on any atom is 0.256 e. The van der Waals surface area contributed by atoms with Gasteiger partial charge in [0.25, 0.3) is 5.88 Å². The van der Waals surface area contributed by atoms with Crippen LogP contribution < -0.4 is 14.8 Å². The van der Waals surface area contributed by atoms with Gasteiger partial charge in [0.05, 0.1) is 49.4 Å². The maximum absolute atomic E-state index is 11.6. The van der Waals surface area contributed by atoms with E-state index in [1.165, 1.54) is 12.6 Å². The highest BCUT2D eigenvalue weighted by atomic mass is 35.5. The van der Waals surface area contributed by atoms with Crippen molar-refractivity contribution in [2.45, 2.75) is 63.8 Å². The number of hydrogen-bond donors (Lipinski definition) is 1. The van der Waals surface area contributed by atoms with Crippen molar-refractivity contribution < 1.29 is 22.6 Å². The molecule has 258 valence electrons. The average molecular weight is 701 g/mol. The van der Waals surface area contributed by atoms with Crippen LogP contribution >= 0.6 is 11.6 Å². The van der Waals surface area contributed by atoms with Crippen LogP contribution in [0.1, 0.15) is 45.1 Å². The normalized spacial score (nSPS) is 19.6. The van der Waals surface area contributed by atoms with E-state index in [1.54, 1.807) is 23.1 Å². The standard InChI is InChI=1S/C31H41ClN10O5S/c1-22(19-41-21-35-38-39-41)47-29-16-23(4-9-27(29)32)24-17-33-31(34-18-24)36-28-20-42(37-30(28)46-12-3-15-48(2,43)44)26-7-5-25(6-8-26)40-10-13-45-14-11-40/h4,9,16-18,20-22,25-26H,3,5-8,10-15,19H2,1-2H3,(H,33,34,36). The topological polar surface area (TPSA) is 164 Å². The molecule has 15 nitrogen and oxygen atoms in total. The number of nitrogens with one attached hydrogen (secondary N) is 1. The van der Waals surface area contributed by atoms with Gasteiger partial charge in [-0.1, -0.05) is 17.7 Å². The minimum Gasteiger partial charge on any atom is -0.487 e. The molecule has 1 aromatic carbocycles. The second-order valence-electron chi connectivity index (χ2n) is 12.3. The molecule has 2 fully saturated rings. The molecule has 0 spiro atoms. The van der Waals surface area contributed by atoms with Crippen molar-refractivity contribution in [3.05, 3.63) is 48.1 Å². The number of morpholine rings is 1. The second kappa shape index (κ2) is 15.6. The number of anilines is 2. The van der Waals surface area contributed by atoms with Crippen molar-refractivity contribution in [3.8, 4) is 22.8 Å². The molecular weight excluding hydrogens is 660 g/mol. The van der Waals surface area contributed by atoms with E-state index in [1.807, 2.05) is 29.9 Å². The van der Waals surface area contributed by atoms with E-state index in [9.17, 15) is 8.42 Å². The van der Waals surface area contributed by atoms with E-state index >= 15 is 0 Å². The van der Waals surface area contributed by atoms with Gasteiger partial charge in [-0.25, -0.2) is 23.1 Å². The Morgan fingerprint density at radius 2 is 1.83 bits per heavy atom. The van der Waals surface area contributed by atoms with Crippen LogP contribution in [0.25, 0.3) is 11.1 Å². The summed E-state index contributed by atoms with van der Waals surface area (Å²) >= 11 is 6.44. The van der Waals surface area contributed by atoms with Crippen LogP contribution in [0.5, 0.6) is 11.6 Å². The predicted molar refractivity (Wildman–Crippen MR) is 179 cm³/mol. The maximum atomic E-state index is 11.6. The van der Waals surface area contributed by atoms with E-state index in [0.29, 0.717) is 47.3 Å². The molecule has 2 aliphatic rings. The first kappa shape index (κ1) is 34.0. The van der Waals surface area contributed by atoms with Gasteiger partial charge >= 0.3 is 0 Å². The Labute approximate surface area is 284 Å². The number of aromatic nitrogens is 8. The summed E-state index contributed by atoms with van der Waals surface area (Å²) in [6, 6.07) is 6.31. The summed E-state index contributed by atoms with van der Waals surface area (Å²) in [4.78, 5) is 11.7. The zero-order valence-corrected chi connectivity index (χ0v) is 28.7. The lowest BCUT2D eigenvalue weighted by Crippen LogP contribution is -2.45. The lowest BCUT2D eigenvalue weighted by Gasteiger charge is -2.38. The Hall–Kier alpha value is -3.86. The molecule has 0 amide bonds. The van der Waals surface area contributed by atoms with E-state index in [4.69, 9.17) is 30.9 Å². The summed E-state index contributed by atoms with van der Waals surface area (Å²) in [6.07, 6.45) is 12.5. The summed E-state index contributed by atoms with van der Waals surface area (Å²) in [5, 5.41) is 19.7. The van der Waals surface area contributed by atoms with E-state index in [0.717, 1.165) is 63.1 Å². The average Bonchev–Trinajstić information content (AvgIpc) is 3.74. The number of rotatable bonds is 14. The summed E-state index contributed by atoms with van der Waals surface area (Å²) < 4.78 is 44.4. The Morgan fingerprint density at radius 1 is 1.08 bits per heavy atom. The molecule has 1 aliphatic carbocycles. The van der Waals surface area contributed by atoms with Gasteiger partial charge in [-0.2, -0.15) is 0 Å². The third-order valence-corrected chi connectivity index (χ3v) is 9.87. The largest absolute Gasteiger partial charge is 0.487 e. The van der Waals surface area contributed by atoms with Crippen molar-refractivity contribution in [2.24, 2.45) is 0 Å². The highest BCUT2D eigenvalue weighted by molar-refractivity contribution is 7.90. The van der Waals surface area contributed by atoms with Crippen LogP contribution in [0, 0.1) is 0 Å². The first-order valence-electron chi connectivity index (χ1n) is 16.2. The van der Waals surface area contributed by atoms with Crippen molar-refractivity contribution in [1.29, 1.82) is 0 Å². The fourth-order valence-corrected chi connectivity index (χ4v) is 6.90.